The fraction of sp³-hybridized carbons (Fsp3) is 0.312. The largest absolute Gasteiger partial charge is 0.310 e. The van der Waals surface area contributed by atoms with Crippen molar-refractivity contribution in [2.24, 2.45) is 0 Å². The number of nitrogens with one attached hydrogen (secondary N) is 1. The van der Waals surface area contributed by atoms with Crippen LogP contribution in [0.1, 0.15) is 24.0 Å². The molecular formula is C16H17FN2. The van der Waals surface area contributed by atoms with E-state index in [9.17, 15) is 4.39 Å². The molecule has 0 unspecified atom stereocenters. The van der Waals surface area contributed by atoms with Crippen LogP contribution in [0, 0.1) is 12.7 Å². The Balaban J connectivity index is 1.82. The number of aromatic nitrogens is 1. The van der Waals surface area contributed by atoms with E-state index in [1.165, 1.54) is 24.5 Å². The number of halogens is 1. The van der Waals surface area contributed by atoms with E-state index in [1.807, 2.05) is 18.5 Å². The van der Waals surface area contributed by atoms with Crippen molar-refractivity contribution in [3.63, 3.8) is 0 Å². The molecule has 1 aromatic heterocycles. The van der Waals surface area contributed by atoms with Gasteiger partial charge in [0, 0.05) is 30.5 Å². The predicted molar refractivity (Wildman–Crippen MR) is 74.2 cm³/mol. The van der Waals surface area contributed by atoms with E-state index in [0.29, 0.717) is 11.6 Å². The van der Waals surface area contributed by atoms with Crippen LogP contribution in [0.4, 0.5) is 4.39 Å². The van der Waals surface area contributed by atoms with Crippen LogP contribution in [-0.2, 0) is 6.54 Å². The van der Waals surface area contributed by atoms with E-state index in [2.05, 4.69) is 16.4 Å². The van der Waals surface area contributed by atoms with Crippen LogP contribution in [0.25, 0.3) is 11.1 Å². The molecular weight excluding hydrogens is 239 g/mol. The summed E-state index contributed by atoms with van der Waals surface area (Å²) in [6.07, 6.45) is 6.27. The Morgan fingerprint density at radius 1 is 1.21 bits per heavy atom. The zero-order chi connectivity index (χ0) is 13.2. The molecule has 1 heterocycles. The normalized spacial score (nSPS) is 14.6. The summed E-state index contributed by atoms with van der Waals surface area (Å²) in [5.74, 6) is -0.164. The third kappa shape index (κ3) is 2.99. The molecule has 3 heteroatoms. The van der Waals surface area contributed by atoms with Gasteiger partial charge in [0.05, 0.1) is 0 Å². The molecule has 0 amide bonds. The molecule has 0 spiro atoms. The molecule has 1 aliphatic rings. The minimum atomic E-state index is -0.164. The highest BCUT2D eigenvalue weighted by Crippen LogP contribution is 2.23. The number of benzene rings is 1. The first-order chi connectivity index (χ1) is 9.22. The third-order valence-electron chi connectivity index (χ3n) is 3.46. The molecule has 98 valence electrons. The molecule has 0 aliphatic heterocycles. The monoisotopic (exact) mass is 256 g/mol. The number of hydrogen-bond acceptors (Lipinski definition) is 2. The lowest BCUT2D eigenvalue weighted by molar-refractivity contribution is 0.619. The minimum Gasteiger partial charge on any atom is -0.310 e. The molecule has 0 atom stereocenters. The highest BCUT2D eigenvalue weighted by atomic mass is 19.1. The first-order valence-corrected chi connectivity index (χ1v) is 6.66. The quantitative estimate of drug-likeness (QED) is 0.906. The van der Waals surface area contributed by atoms with Gasteiger partial charge in [0.25, 0.3) is 0 Å². The van der Waals surface area contributed by atoms with Gasteiger partial charge >= 0.3 is 0 Å². The van der Waals surface area contributed by atoms with Crippen molar-refractivity contribution in [3.8, 4) is 11.1 Å². The van der Waals surface area contributed by atoms with Crippen molar-refractivity contribution in [1.82, 2.24) is 10.3 Å². The summed E-state index contributed by atoms with van der Waals surface area (Å²) in [5.41, 5.74) is 3.89. The maximum Gasteiger partial charge on any atom is 0.126 e. The van der Waals surface area contributed by atoms with Crippen LogP contribution in [0.2, 0.25) is 0 Å². The molecule has 1 fully saturated rings. The number of nitrogens with zero attached hydrogens (tertiary/aromatic N) is 1. The summed E-state index contributed by atoms with van der Waals surface area (Å²) in [4.78, 5) is 4.28. The Bertz CT molecular complexity index is 591. The fourth-order valence-corrected chi connectivity index (χ4v) is 2.12. The number of aryl methyl sites for hydroxylation is 1. The van der Waals surface area contributed by atoms with E-state index in [0.717, 1.165) is 17.7 Å². The lowest BCUT2D eigenvalue weighted by atomic mass is 10.0. The molecule has 0 bridgehead atoms. The summed E-state index contributed by atoms with van der Waals surface area (Å²) in [5, 5.41) is 3.47. The second-order valence-electron chi connectivity index (χ2n) is 5.20. The maximum absolute atomic E-state index is 13.3. The first-order valence-electron chi connectivity index (χ1n) is 6.66. The van der Waals surface area contributed by atoms with Gasteiger partial charge in [0.2, 0.25) is 0 Å². The van der Waals surface area contributed by atoms with E-state index in [1.54, 1.807) is 13.0 Å². The smallest absolute Gasteiger partial charge is 0.126 e. The predicted octanol–water partition coefficient (Wildman–Crippen LogP) is 3.45. The molecule has 19 heavy (non-hydrogen) atoms. The Kier molecular flexibility index (Phi) is 3.30. The van der Waals surface area contributed by atoms with Crippen LogP contribution >= 0.6 is 0 Å². The second-order valence-corrected chi connectivity index (χ2v) is 5.20. The summed E-state index contributed by atoms with van der Waals surface area (Å²) >= 11 is 0. The summed E-state index contributed by atoms with van der Waals surface area (Å²) < 4.78 is 13.3. The van der Waals surface area contributed by atoms with Gasteiger partial charge < -0.3 is 5.32 Å². The van der Waals surface area contributed by atoms with Gasteiger partial charge in [-0.05, 0) is 54.7 Å². The van der Waals surface area contributed by atoms with Crippen molar-refractivity contribution in [1.29, 1.82) is 0 Å². The summed E-state index contributed by atoms with van der Waals surface area (Å²) in [6.45, 7) is 2.64. The van der Waals surface area contributed by atoms with Gasteiger partial charge in [-0.25, -0.2) is 4.39 Å². The van der Waals surface area contributed by atoms with Crippen LogP contribution in [0.5, 0.6) is 0 Å². The lowest BCUT2D eigenvalue weighted by Crippen LogP contribution is -2.15. The average molecular weight is 256 g/mol. The summed E-state index contributed by atoms with van der Waals surface area (Å²) in [6, 6.07) is 7.99. The lowest BCUT2D eigenvalue weighted by Gasteiger charge is -2.07. The molecule has 2 nitrogen and oxygen atoms in total. The minimum absolute atomic E-state index is 0.164. The second kappa shape index (κ2) is 5.10. The topological polar surface area (TPSA) is 24.9 Å². The number of rotatable bonds is 4. The highest BCUT2D eigenvalue weighted by molar-refractivity contribution is 5.63. The van der Waals surface area contributed by atoms with Crippen LogP contribution in [-0.4, -0.2) is 11.0 Å². The first kappa shape index (κ1) is 12.3. The summed E-state index contributed by atoms with van der Waals surface area (Å²) in [7, 11) is 0. The van der Waals surface area contributed by atoms with E-state index in [-0.39, 0.29) is 5.82 Å². The maximum atomic E-state index is 13.3. The number of pyridine rings is 1. The molecule has 1 saturated carbocycles. The fourth-order valence-electron chi connectivity index (χ4n) is 2.12. The van der Waals surface area contributed by atoms with Crippen LogP contribution < -0.4 is 5.32 Å². The van der Waals surface area contributed by atoms with Gasteiger partial charge in [-0.1, -0.05) is 6.07 Å². The van der Waals surface area contributed by atoms with Crippen LogP contribution in [0.15, 0.2) is 36.7 Å². The van der Waals surface area contributed by atoms with E-state index >= 15 is 0 Å². The van der Waals surface area contributed by atoms with Crippen LogP contribution in [0.3, 0.4) is 0 Å². The van der Waals surface area contributed by atoms with Crippen molar-refractivity contribution in [2.45, 2.75) is 32.4 Å². The van der Waals surface area contributed by atoms with Crippen molar-refractivity contribution >= 4 is 0 Å². The van der Waals surface area contributed by atoms with Crippen molar-refractivity contribution in [3.05, 3.63) is 53.6 Å². The molecule has 1 N–H and O–H groups in total. The zero-order valence-corrected chi connectivity index (χ0v) is 11.0. The van der Waals surface area contributed by atoms with Gasteiger partial charge in [0.15, 0.2) is 0 Å². The molecule has 2 aromatic rings. The Labute approximate surface area is 112 Å². The Hall–Kier alpha value is -1.74. The highest BCUT2D eigenvalue weighted by Gasteiger charge is 2.19. The zero-order valence-electron chi connectivity index (χ0n) is 11.0. The van der Waals surface area contributed by atoms with E-state index in [4.69, 9.17) is 0 Å². The Morgan fingerprint density at radius 3 is 2.79 bits per heavy atom. The standard InChI is InChI=1S/C16H17FN2/c1-11-6-13(2-5-16(11)17)14-7-12(8-18-10-14)9-19-15-3-4-15/h2,5-8,10,15,19H,3-4,9H2,1H3. The van der Waals surface area contributed by atoms with Gasteiger partial charge in [-0.2, -0.15) is 0 Å². The molecule has 3 rings (SSSR count). The van der Waals surface area contributed by atoms with Gasteiger partial charge in [-0.3, -0.25) is 4.98 Å². The van der Waals surface area contributed by atoms with Crippen molar-refractivity contribution < 1.29 is 4.39 Å². The molecule has 0 radical (unpaired) electrons. The molecule has 1 aliphatic carbocycles. The average Bonchev–Trinajstić information content (AvgIpc) is 3.24. The molecule has 0 saturated heterocycles. The van der Waals surface area contributed by atoms with Crippen molar-refractivity contribution in [2.75, 3.05) is 0 Å². The molecule has 1 aromatic carbocycles. The Morgan fingerprint density at radius 2 is 2.05 bits per heavy atom. The third-order valence-corrected chi connectivity index (χ3v) is 3.46. The number of hydrogen-bond donors (Lipinski definition) is 1. The van der Waals surface area contributed by atoms with Gasteiger partial charge in [-0.15, -0.1) is 0 Å². The van der Waals surface area contributed by atoms with E-state index < -0.39 is 0 Å². The van der Waals surface area contributed by atoms with Gasteiger partial charge in [0.1, 0.15) is 5.82 Å². The SMILES string of the molecule is Cc1cc(-c2cncc(CNC3CC3)c2)ccc1F.